The van der Waals surface area contributed by atoms with Gasteiger partial charge in [-0.05, 0) is 24.9 Å². The Hall–Kier alpha value is -1.43. The van der Waals surface area contributed by atoms with E-state index in [0.717, 1.165) is 23.7 Å². The molecule has 104 valence electrons. The molecule has 0 aromatic carbocycles. The molecule has 0 amide bonds. The van der Waals surface area contributed by atoms with Crippen LogP contribution in [0.15, 0.2) is 18.6 Å². The number of hydrogen-bond donors (Lipinski definition) is 2. The maximum absolute atomic E-state index is 4.55. The van der Waals surface area contributed by atoms with Crippen molar-refractivity contribution in [3.05, 3.63) is 18.6 Å². The molecule has 6 heteroatoms. The SMILES string of the molecule is CCSCCC(C)Nc1nc(NC)cn2ccnc12. The normalized spacial score (nSPS) is 12.6. The van der Waals surface area contributed by atoms with Gasteiger partial charge in [0.25, 0.3) is 0 Å². The standard InChI is InChI=1S/C13H21N5S/c1-4-19-8-5-10(2)16-12-13-15-6-7-18(13)9-11(14-3)17-12/h6-7,9-10,14H,4-5,8H2,1-3H3,(H,16,17). The van der Waals surface area contributed by atoms with Gasteiger partial charge in [-0.25, -0.2) is 9.97 Å². The van der Waals surface area contributed by atoms with Crippen molar-refractivity contribution >= 4 is 29.0 Å². The number of imidazole rings is 1. The fraction of sp³-hybridized carbons (Fsp3) is 0.538. The van der Waals surface area contributed by atoms with Crippen LogP contribution in [0.25, 0.3) is 5.65 Å². The number of fused-ring (bicyclic) bond motifs is 1. The summed E-state index contributed by atoms with van der Waals surface area (Å²) in [7, 11) is 1.87. The van der Waals surface area contributed by atoms with Crippen LogP contribution in [0.2, 0.25) is 0 Å². The first-order valence-corrected chi connectivity index (χ1v) is 7.75. The molecule has 19 heavy (non-hydrogen) atoms. The molecule has 0 saturated heterocycles. The van der Waals surface area contributed by atoms with Crippen LogP contribution in [0.3, 0.4) is 0 Å². The third-order valence-corrected chi connectivity index (χ3v) is 3.85. The Kier molecular flexibility index (Phi) is 4.90. The number of thioether (sulfide) groups is 1. The van der Waals surface area contributed by atoms with Gasteiger partial charge in [-0.3, -0.25) is 0 Å². The largest absolute Gasteiger partial charge is 0.372 e. The van der Waals surface area contributed by atoms with Crippen molar-refractivity contribution in [2.24, 2.45) is 0 Å². The molecular formula is C13H21N5S. The zero-order chi connectivity index (χ0) is 13.7. The monoisotopic (exact) mass is 279 g/mol. The molecule has 2 rings (SSSR count). The number of aromatic nitrogens is 3. The van der Waals surface area contributed by atoms with Gasteiger partial charge in [-0.15, -0.1) is 0 Å². The molecule has 2 aromatic rings. The summed E-state index contributed by atoms with van der Waals surface area (Å²) in [6, 6.07) is 0.388. The molecule has 1 atom stereocenters. The summed E-state index contributed by atoms with van der Waals surface area (Å²) in [6.45, 7) is 4.37. The molecule has 0 saturated carbocycles. The van der Waals surface area contributed by atoms with Crippen molar-refractivity contribution in [3.63, 3.8) is 0 Å². The molecular weight excluding hydrogens is 258 g/mol. The molecule has 5 nitrogen and oxygen atoms in total. The predicted octanol–water partition coefficient (Wildman–Crippen LogP) is 2.71. The Bertz CT molecular complexity index is 525. The zero-order valence-corrected chi connectivity index (χ0v) is 12.5. The summed E-state index contributed by atoms with van der Waals surface area (Å²) in [6.07, 6.45) is 6.78. The third kappa shape index (κ3) is 3.53. The van der Waals surface area contributed by atoms with Crippen LogP contribution in [-0.2, 0) is 0 Å². The summed E-state index contributed by atoms with van der Waals surface area (Å²) in [4.78, 5) is 8.90. The fourth-order valence-corrected chi connectivity index (χ4v) is 2.67. The molecule has 0 aliphatic heterocycles. The van der Waals surface area contributed by atoms with E-state index in [4.69, 9.17) is 0 Å². The van der Waals surface area contributed by atoms with Crippen LogP contribution >= 0.6 is 11.8 Å². The van der Waals surface area contributed by atoms with E-state index in [2.05, 4.69) is 34.4 Å². The Labute approximate surface area is 118 Å². The lowest BCUT2D eigenvalue weighted by molar-refractivity contribution is 0.766. The van der Waals surface area contributed by atoms with Gasteiger partial charge in [0.15, 0.2) is 11.5 Å². The van der Waals surface area contributed by atoms with Gasteiger partial charge in [0.2, 0.25) is 0 Å². The Morgan fingerprint density at radius 3 is 3.05 bits per heavy atom. The predicted molar refractivity (Wildman–Crippen MR) is 83.2 cm³/mol. The van der Waals surface area contributed by atoms with Crippen molar-refractivity contribution in [1.29, 1.82) is 0 Å². The van der Waals surface area contributed by atoms with E-state index in [1.807, 2.05) is 35.6 Å². The van der Waals surface area contributed by atoms with E-state index in [9.17, 15) is 0 Å². The summed E-state index contributed by atoms with van der Waals surface area (Å²) in [5.41, 5.74) is 0.869. The van der Waals surface area contributed by atoms with Crippen LogP contribution in [0.4, 0.5) is 11.6 Å². The van der Waals surface area contributed by atoms with Crippen LogP contribution in [0.5, 0.6) is 0 Å². The van der Waals surface area contributed by atoms with Gasteiger partial charge in [0, 0.05) is 25.5 Å². The number of anilines is 2. The smallest absolute Gasteiger partial charge is 0.180 e. The van der Waals surface area contributed by atoms with Crippen molar-refractivity contribution < 1.29 is 0 Å². The number of hydrogen-bond acceptors (Lipinski definition) is 5. The van der Waals surface area contributed by atoms with E-state index in [-0.39, 0.29) is 0 Å². The average molecular weight is 279 g/mol. The minimum Gasteiger partial charge on any atom is -0.372 e. The first-order chi connectivity index (χ1) is 9.24. The van der Waals surface area contributed by atoms with E-state index >= 15 is 0 Å². The van der Waals surface area contributed by atoms with Crippen LogP contribution in [-0.4, -0.2) is 39.0 Å². The molecule has 2 N–H and O–H groups in total. The maximum atomic E-state index is 4.55. The Balaban J connectivity index is 2.12. The minimum absolute atomic E-state index is 0.388. The third-order valence-electron chi connectivity index (χ3n) is 2.91. The molecule has 0 radical (unpaired) electrons. The zero-order valence-electron chi connectivity index (χ0n) is 11.7. The first kappa shape index (κ1) is 14.0. The van der Waals surface area contributed by atoms with E-state index in [1.165, 1.54) is 11.5 Å². The van der Waals surface area contributed by atoms with E-state index in [1.54, 1.807) is 6.20 Å². The average Bonchev–Trinajstić information content (AvgIpc) is 2.87. The second-order valence-corrected chi connectivity index (χ2v) is 5.81. The fourth-order valence-electron chi connectivity index (χ4n) is 1.86. The van der Waals surface area contributed by atoms with E-state index < -0.39 is 0 Å². The second-order valence-electron chi connectivity index (χ2n) is 4.41. The topological polar surface area (TPSA) is 54.2 Å². The quantitative estimate of drug-likeness (QED) is 0.763. The Morgan fingerprint density at radius 1 is 1.47 bits per heavy atom. The van der Waals surface area contributed by atoms with Gasteiger partial charge >= 0.3 is 0 Å². The van der Waals surface area contributed by atoms with Crippen molar-refractivity contribution in [2.45, 2.75) is 26.3 Å². The molecule has 1 unspecified atom stereocenters. The van der Waals surface area contributed by atoms with Gasteiger partial charge in [-0.1, -0.05) is 6.92 Å². The number of nitrogens with one attached hydrogen (secondary N) is 2. The van der Waals surface area contributed by atoms with Crippen molar-refractivity contribution in [1.82, 2.24) is 14.4 Å². The van der Waals surface area contributed by atoms with E-state index in [0.29, 0.717) is 6.04 Å². The molecule has 0 aliphatic rings. The van der Waals surface area contributed by atoms with Crippen molar-refractivity contribution in [2.75, 3.05) is 29.2 Å². The van der Waals surface area contributed by atoms with Crippen molar-refractivity contribution in [3.8, 4) is 0 Å². The van der Waals surface area contributed by atoms with Gasteiger partial charge in [0.05, 0.1) is 6.20 Å². The van der Waals surface area contributed by atoms with Crippen LogP contribution in [0, 0.1) is 0 Å². The molecule has 0 aliphatic carbocycles. The number of rotatable bonds is 7. The maximum Gasteiger partial charge on any atom is 0.180 e. The lowest BCUT2D eigenvalue weighted by Crippen LogP contribution is -2.18. The highest BCUT2D eigenvalue weighted by atomic mass is 32.2. The van der Waals surface area contributed by atoms with Gasteiger partial charge < -0.3 is 15.0 Å². The van der Waals surface area contributed by atoms with Gasteiger partial charge in [-0.2, -0.15) is 11.8 Å². The highest BCUT2D eigenvalue weighted by Crippen LogP contribution is 2.18. The summed E-state index contributed by atoms with van der Waals surface area (Å²) in [5, 5.41) is 6.53. The molecule has 2 heterocycles. The summed E-state index contributed by atoms with van der Waals surface area (Å²) < 4.78 is 1.98. The minimum atomic E-state index is 0.388. The lowest BCUT2D eigenvalue weighted by Gasteiger charge is -2.15. The highest BCUT2D eigenvalue weighted by Gasteiger charge is 2.09. The number of nitrogens with zero attached hydrogens (tertiary/aromatic N) is 3. The van der Waals surface area contributed by atoms with Crippen LogP contribution < -0.4 is 10.6 Å². The van der Waals surface area contributed by atoms with Gasteiger partial charge in [0.1, 0.15) is 5.82 Å². The first-order valence-electron chi connectivity index (χ1n) is 6.60. The lowest BCUT2D eigenvalue weighted by atomic mass is 10.2. The molecule has 2 aromatic heterocycles. The molecule has 0 bridgehead atoms. The molecule has 0 spiro atoms. The summed E-state index contributed by atoms with van der Waals surface area (Å²) in [5.74, 6) is 4.01. The summed E-state index contributed by atoms with van der Waals surface area (Å²) >= 11 is 1.97. The molecule has 0 fully saturated rings. The van der Waals surface area contributed by atoms with Crippen LogP contribution in [0.1, 0.15) is 20.3 Å². The Morgan fingerprint density at radius 2 is 2.32 bits per heavy atom. The highest BCUT2D eigenvalue weighted by molar-refractivity contribution is 7.99. The second kappa shape index (κ2) is 6.65.